The Kier molecular flexibility index (Phi) is 29.7. The summed E-state index contributed by atoms with van der Waals surface area (Å²) in [6.07, 6.45) is 39.4. The number of ether oxygens (including phenoxy) is 2. The third kappa shape index (κ3) is 34.2. The Morgan fingerprint density at radius 3 is 1.69 bits per heavy atom. The lowest BCUT2D eigenvalue weighted by molar-refractivity contribution is -0.160. The lowest BCUT2D eigenvalue weighted by Gasteiger charge is -2.18. The van der Waals surface area contributed by atoms with Crippen LogP contribution in [0.15, 0.2) is 72.9 Å². The van der Waals surface area contributed by atoms with Crippen LogP contribution in [0.2, 0.25) is 0 Å². The summed E-state index contributed by atoms with van der Waals surface area (Å²) in [5.74, 6) is -1.05. The number of phosphoric ester groups is 1. The van der Waals surface area contributed by atoms with Gasteiger partial charge in [0, 0.05) is 6.42 Å². The predicted octanol–water partition coefficient (Wildman–Crippen LogP) is 9.56. The van der Waals surface area contributed by atoms with Crippen molar-refractivity contribution >= 4 is 19.8 Å². The van der Waals surface area contributed by atoms with Gasteiger partial charge in [-0.3, -0.25) is 14.1 Å². The molecule has 0 radical (unpaired) electrons. The highest BCUT2D eigenvalue weighted by Gasteiger charge is 2.22. The second-order valence-electron chi connectivity index (χ2n) is 10.8. The predicted molar refractivity (Wildman–Crippen MR) is 184 cm³/mol. The molecule has 1 unspecified atom stereocenters. The van der Waals surface area contributed by atoms with Crippen LogP contribution in [0, 0.1) is 0 Å². The van der Waals surface area contributed by atoms with Gasteiger partial charge in [0.05, 0.1) is 13.0 Å². The van der Waals surface area contributed by atoms with Crippen LogP contribution in [0.1, 0.15) is 123 Å². The Morgan fingerprint density at radius 1 is 0.622 bits per heavy atom. The van der Waals surface area contributed by atoms with Crippen molar-refractivity contribution in [3.05, 3.63) is 72.9 Å². The molecule has 45 heavy (non-hydrogen) atoms. The van der Waals surface area contributed by atoms with E-state index >= 15 is 0 Å². The van der Waals surface area contributed by atoms with Crippen LogP contribution in [0.5, 0.6) is 0 Å². The molecule has 0 aromatic carbocycles. The van der Waals surface area contributed by atoms with E-state index in [2.05, 4.69) is 67.0 Å². The van der Waals surface area contributed by atoms with Gasteiger partial charge in [0.1, 0.15) is 6.61 Å². The molecule has 0 saturated heterocycles. The fourth-order valence-corrected chi connectivity index (χ4v) is 4.39. The molecule has 9 heteroatoms. The van der Waals surface area contributed by atoms with Crippen molar-refractivity contribution in [3.8, 4) is 0 Å². The number of esters is 2. The van der Waals surface area contributed by atoms with Crippen LogP contribution in [0.25, 0.3) is 0 Å². The number of allylic oxidation sites excluding steroid dienone is 11. The van der Waals surface area contributed by atoms with Gasteiger partial charge in [0.25, 0.3) is 0 Å². The monoisotopic (exact) mass is 650 g/mol. The highest BCUT2D eigenvalue weighted by molar-refractivity contribution is 7.46. The molecule has 0 aromatic rings. The second kappa shape index (κ2) is 31.5. The SMILES string of the molecule is CC/C=C\C/C=C\C/C=C\C/C=C\C/C=C\CC(=O)OC(COC(=O)CCCCCCC/C=C\CCCCC)COP(=O)(O)O. The van der Waals surface area contributed by atoms with Crippen LogP contribution < -0.4 is 0 Å². The van der Waals surface area contributed by atoms with Gasteiger partial charge in [-0.1, -0.05) is 119 Å². The normalized spacial score (nSPS) is 13.4. The third-order valence-electron chi connectivity index (χ3n) is 6.49. The van der Waals surface area contributed by atoms with E-state index in [0.29, 0.717) is 12.8 Å². The van der Waals surface area contributed by atoms with Crippen LogP contribution >= 0.6 is 7.82 Å². The van der Waals surface area contributed by atoms with Crippen LogP contribution in [-0.4, -0.2) is 41.0 Å². The van der Waals surface area contributed by atoms with Gasteiger partial charge in [-0.05, 0) is 64.2 Å². The van der Waals surface area contributed by atoms with Crippen molar-refractivity contribution in [1.82, 2.24) is 0 Å². The van der Waals surface area contributed by atoms with Gasteiger partial charge in [0.2, 0.25) is 0 Å². The molecule has 0 heterocycles. The van der Waals surface area contributed by atoms with E-state index in [0.717, 1.165) is 64.2 Å². The molecule has 0 aromatic heterocycles. The van der Waals surface area contributed by atoms with Crippen molar-refractivity contribution in [2.75, 3.05) is 13.2 Å². The number of carbonyl (C=O) groups excluding carboxylic acids is 2. The first kappa shape index (κ1) is 42.5. The smallest absolute Gasteiger partial charge is 0.462 e. The van der Waals surface area contributed by atoms with E-state index in [1.165, 1.54) is 19.3 Å². The Hall–Kier alpha value is -2.51. The molecule has 2 N–H and O–H groups in total. The summed E-state index contributed by atoms with van der Waals surface area (Å²) in [7, 11) is -4.77. The summed E-state index contributed by atoms with van der Waals surface area (Å²) >= 11 is 0. The maximum absolute atomic E-state index is 12.2. The van der Waals surface area contributed by atoms with E-state index in [-0.39, 0.29) is 19.4 Å². The Labute approximate surface area is 272 Å². The van der Waals surface area contributed by atoms with Crippen LogP contribution in [0.3, 0.4) is 0 Å². The first-order valence-electron chi connectivity index (χ1n) is 16.7. The summed E-state index contributed by atoms with van der Waals surface area (Å²) in [6, 6.07) is 0. The molecule has 8 nitrogen and oxygen atoms in total. The number of rotatable bonds is 29. The van der Waals surface area contributed by atoms with E-state index in [9.17, 15) is 14.2 Å². The number of unbranched alkanes of at least 4 members (excludes halogenated alkanes) is 8. The summed E-state index contributed by atoms with van der Waals surface area (Å²) in [6.45, 7) is 3.41. The average Bonchev–Trinajstić information content (AvgIpc) is 3.00. The number of hydrogen-bond donors (Lipinski definition) is 2. The summed E-state index contributed by atoms with van der Waals surface area (Å²) in [5.41, 5.74) is 0. The highest BCUT2D eigenvalue weighted by Crippen LogP contribution is 2.35. The van der Waals surface area contributed by atoms with Crippen molar-refractivity contribution in [2.45, 2.75) is 129 Å². The molecule has 1 atom stereocenters. The maximum Gasteiger partial charge on any atom is 0.469 e. The van der Waals surface area contributed by atoms with Crippen molar-refractivity contribution in [3.63, 3.8) is 0 Å². The van der Waals surface area contributed by atoms with E-state index < -0.39 is 32.5 Å². The number of carbonyl (C=O) groups is 2. The van der Waals surface area contributed by atoms with Crippen molar-refractivity contribution in [1.29, 1.82) is 0 Å². The molecule has 0 bridgehead atoms. The number of phosphoric acid groups is 1. The first-order chi connectivity index (χ1) is 21.8. The molecule has 0 rings (SSSR count). The zero-order valence-corrected chi connectivity index (χ0v) is 28.6. The molecule has 0 fully saturated rings. The second-order valence-corrected chi connectivity index (χ2v) is 12.0. The van der Waals surface area contributed by atoms with Gasteiger partial charge < -0.3 is 19.3 Å². The molecule has 0 saturated carbocycles. The van der Waals surface area contributed by atoms with E-state index in [1.54, 1.807) is 6.08 Å². The van der Waals surface area contributed by atoms with Crippen LogP contribution in [0.4, 0.5) is 0 Å². The molecule has 256 valence electrons. The van der Waals surface area contributed by atoms with Gasteiger partial charge >= 0.3 is 19.8 Å². The molecule has 0 spiro atoms. The fraction of sp³-hybridized carbons (Fsp3) is 0.611. The molecular weight excluding hydrogens is 591 g/mol. The van der Waals surface area contributed by atoms with Gasteiger partial charge in [-0.2, -0.15) is 0 Å². The van der Waals surface area contributed by atoms with Crippen molar-refractivity contribution in [2.24, 2.45) is 0 Å². The summed E-state index contributed by atoms with van der Waals surface area (Å²) < 4.78 is 26.1. The fourth-order valence-electron chi connectivity index (χ4n) is 4.03. The van der Waals surface area contributed by atoms with Crippen LogP contribution in [-0.2, 0) is 28.2 Å². The largest absolute Gasteiger partial charge is 0.469 e. The molecular formula is C36H59O8P. The topological polar surface area (TPSA) is 119 Å². The first-order valence-corrected chi connectivity index (χ1v) is 18.3. The van der Waals surface area contributed by atoms with Gasteiger partial charge in [-0.25, -0.2) is 4.57 Å². The highest BCUT2D eigenvalue weighted by atomic mass is 31.2. The lowest BCUT2D eigenvalue weighted by atomic mass is 10.1. The minimum atomic E-state index is -4.77. The van der Waals surface area contributed by atoms with Gasteiger partial charge in [-0.15, -0.1) is 0 Å². The van der Waals surface area contributed by atoms with Crippen molar-refractivity contribution < 1.29 is 37.9 Å². The van der Waals surface area contributed by atoms with E-state index in [1.807, 2.05) is 18.2 Å². The maximum atomic E-state index is 12.2. The lowest BCUT2D eigenvalue weighted by Crippen LogP contribution is -2.29. The third-order valence-corrected chi connectivity index (χ3v) is 6.98. The van der Waals surface area contributed by atoms with E-state index in [4.69, 9.17) is 19.3 Å². The quantitative estimate of drug-likeness (QED) is 0.0356. The molecule has 0 aliphatic rings. The molecule has 0 aliphatic heterocycles. The minimum Gasteiger partial charge on any atom is -0.462 e. The molecule has 0 amide bonds. The standard InChI is InChI=1S/C36H59O8P/c1-3-5-7-9-11-13-15-17-18-19-21-23-25-27-29-31-36(38)44-34(33-43-45(39,40)41)32-42-35(37)30-28-26-24-22-20-16-14-12-10-8-6-4-2/h5,7,11-14,17-18,21,23,27,29,34H,3-4,6,8-10,15-16,19-20,22,24-26,28,30-33H2,1-2H3,(H2,39,40,41)/b7-5-,13-11-,14-12-,18-17-,23-21-,29-27-. The van der Waals surface area contributed by atoms with Gasteiger partial charge in [0.15, 0.2) is 6.10 Å². The Morgan fingerprint density at radius 2 is 1.13 bits per heavy atom. The zero-order valence-electron chi connectivity index (χ0n) is 27.7. The average molecular weight is 651 g/mol. The number of hydrogen-bond acceptors (Lipinski definition) is 6. The Bertz CT molecular complexity index is 958. The zero-order chi connectivity index (χ0) is 33.3. The Balaban J connectivity index is 4.22. The minimum absolute atomic E-state index is 0.0253. The summed E-state index contributed by atoms with van der Waals surface area (Å²) in [4.78, 5) is 42.4. The molecule has 0 aliphatic carbocycles. The summed E-state index contributed by atoms with van der Waals surface area (Å²) in [5, 5.41) is 0.